The zero-order chi connectivity index (χ0) is 25.4. The Bertz CT molecular complexity index is 1020. The zero-order valence-corrected chi connectivity index (χ0v) is 19.5. The first-order chi connectivity index (χ1) is 16.7. The van der Waals surface area contributed by atoms with Crippen molar-refractivity contribution < 1.29 is 27.4 Å². The summed E-state index contributed by atoms with van der Waals surface area (Å²) in [4.78, 5) is 36.5. The van der Waals surface area contributed by atoms with E-state index in [1.165, 1.54) is 7.11 Å². The average Bonchev–Trinajstić information content (AvgIpc) is 2.81. The number of amides is 1. The van der Waals surface area contributed by atoms with Crippen molar-refractivity contribution in [3.05, 3.63) is 40.1 Å². The summed E-state index contributed by atoms with van der Waals surface area (Å²) >= 11 is 0. The third kappa shape index (κ3) is 7.36. The van der Waals surface area contributed by atoms with Crippen LogP contribution in [0.1, 0.15) is 17.5 Å². The third-order valence-electron chi connectivity index (χ3n) is 5.33. The molecule has 1 aliphatic heterocycles. The number of hydrogen-bond acceptors (Lipinski definition) is 9. The monoisotopic (exact) mass is 499 g/mol. The standard InChI is InChI=1S/C21H28F3N7O4/c1-14-9-25-20(26-10-14)31-6-4-30(5-7-31)17(32)3-8-35-13-15(12-34-2)28-16-11-27-29-19(33)18(16)21(22,23)24/h9-11,15H,3-8,12-13H2,1-2H3,(H2,28,29,33). The molecule has 14 heteroatoms. The SMILES string of the molecule is COCC(COCCC(=O)N1CCN(c2ncc(C)cn2)CC1)Nc1cn[nH]c(=O)c1C(F)(F)F. The molecule has 0 radical (unpaired) electrons. The van der Waals surface area contributed by atoms with E-state index in [2.05, 4.69) is 20.4 Å². The molecule has 192 valence electrons. The number of aromatic nitrogens is 4. The van der Waals surface area contributed by atoms with Gasteiger partial charge in [-0.05, 0) is 12.5 Å². The van der Waals surface area contributed by atoms with Gasteiger partial charge in [0, 0.05) is 45.7 Å². The van der Waals surface area contributed by atoms with Crippen LogP contribution in [0.25, 0.3) is 0 Å². The number of anilines is 2. The molecule has 1 amide bonds. The highest BCUT2D eigenvalue weighted by Crippen LogP contribution is 2.31. The summed E-state index contributed by atoms with van der Waals surface area (Å²) in [6.45, 7) is 4.25. The van der Waals surface area contributed by atoms with Crippen molar-refractivity contribution >= 4 is 17.5 Å². The Morgan fingerprint density at radius 3 is 2.49 bits per heavy atom. The number of alkyl halides is 3. The van der Waals surface area contributed by atoms with Gasteiger partial charge in [-0.1, -0.05) is 0 Å². The summed E-state index contributed by atoms with van der Waals surface area (Å²) in [6.07, 6.45) is -0.351. The van der Waals surface area contributed by atoms with Gasteiger partial charge in [0.2, 0.25) is 11.9 Å². The summed E-state index contributed by atoms with van der Waals surface area (Å²) in [6, 6.07) is -0.696. The fourth-order valence-electron chi connectivity index (χ4n) is 3.59. The lowest BCUT2D eigenvalue weighted by Crippen LogP contribution is -2.49. The van der Waals surface area contributed by atoms with Crippen LogP contribution in [0.4, 0.5) is 24.8 Å². The number of nitrogens with one attached hydrogen (secondary N) is 2. The molecule has 0 aromatic carbocycles. The number of halogens is 3. The summed E-state index contributed by atoms with van der Waals surface area (Å²) in [7, 11) is 1.39. The number of piperazine rings is 1. The van der Waals surface area contributed by atoms with Crippen LogP contribution < -0.4 is 15.8 Å². The fraction of sp³-hybridized carbons (Fsp3) is 0.571. The molecule has 0 bridgehead atoms. The molecule has 1 unspecified atom stereocenters. The van der Waals surface area contributed by atoms with Crippen molar-refractivity contribution in [1.29, 1.82) is 0 Å². The lowest BCUT2D eigenvalue weighted by Gasteiger charge is -2.34. The van der Waals surface area contributed by atoms with Crippen molar-refractivity contribution in [2.24, 2.45) is 0 Å². The van der Waals surface area contributed by atoms with E-state index in [4.69, 9.17) is 9.47 Å². The van der Waals surface area contributed by atoms with E-state index < -0.39 is 29.0 Å². The number of carbonyl (C=O) groups is 1. The van der Waals surface area contributed by atoms with Crippen LogP contribution in [0.2, 0.25) is 0 Å². The summed E-state index contributed by atoms with van der Waals surface area (Å²) in [5, 5.41) is 7.82. The van der Waals surface area contributed by atoms with E-state index in [1.54, 1.807) is 22.4 Å². The minimum absolute atomic E-state index is 0.0150. The van der Waals surface area contributed by atoms with Crippen LogP contribution in [0, 0.1) is 6.92 Å². The van der Waals surface area contributed by atoms with Crippen LogP contribution in [0.5, 0.6) is 0 Å². The van der Waals surface area contributed by atoms with Crippen LogP contribution in [0.15, 0.2) is 23.4 Å². The number of rotatable bonds is 10. The van der Waals surface area contributed by atoms with Gasteiger partial charge in [-0.25, -0.2) is 15.1 Å². The number of carbonyl (C=O) groups excluding carboxylic acids is 1. The van der Waals surface area contributed by atoms with Crippen molar-refractivity contribution in [3.63, 3.8) is 0 Å². The highest BCUT2D eigenvalue weighted by Gasteiger charge is 2.37. The fourth-order valence-corrected chi connectivity index (χ4v) is 3.59. The maximum atomic E-state index is 13.3. The molecule has 35 heavy (non-hydrogen) atoms. The molecular formula is C21H28F3N7O4. The molecule has 3 heterocycles. The van der Waals surface area contributed by atoms with Gasteiger partial charge in [-0.2, -0.15) is 18.3 Å². The molecule has 1 aliphatic rings. The average molecular weight is 499 g/mol. The first-order valence-electron chi connectivity index (χ1n) is 11.0. The van der Waals surface area contributed by atoms with Crippen LogP contribution in [0.3, 0.4) is 0 Å². The van der Waals surface area contributed by atoms with E-state index in [0.29, 0.717) is 32.1 Å². The third-order valence-corrected chi connectivity index (χ3v) is 5.33. The maximum Gasteiger partial charge on any atom is 0.423 e. The molecule has 2 aromatic rings. The Labute approximate surface area is 199 Å². The Kier molecular flexibility index (Phi) is 8.98. The second kappa shape index (κ2) is 11.9. The largest absolute Gasteiger partial charge is 0.423 e. The van der Waals surface area contributed by atoms with Crippen LogP contribution in [-0.2, 0) is 20.4 Å². The smallest absolute Gasteiger partial charge is 0.382 e. The molecule has 2 N–H and O–H groups in total. The van der Waals surface area contributed by atoms with Crippen molar-refractivity contribution in [2.45, 2.75) is 25.6 Å². The Morgan fingerprint density at radius 1 is 1.17 bits per heavy atom. The second-order valence-corrected chi connectivity index (χ2v) is 8.04. The van der Waals surface area contributed by atoms with Gasteiger partial charge in [0.25, 0.3) is 5.56 Å². The number of aryl methyl sites for hydroxylation is 1. The predicted molar refractivity (Wildman–Crippen MR) is 120 cm³/mol. The minimum atomic E-state index is -4.86. The van der Waals surface area contributed by atoms with Crippen LogP contribution >= 0.6 is 0 Å². The van der Waals surface area contributed by atoms with Gasteiger partial charge >= 0.3 is 6.18 Å². The van der Waals surface area contributed by atoms with Crippen molar-refractivity contribution in [2.75, 3.05) is 63.3 Å². The normalized spacial score (nSPS) is 15.2. The lowest BCUT2D eigenvalue weighted by molar-refractivity contribution is -0.138. The first kappa shape index (κ1) is 26.3. The molecule has 0 saturated carbocycles. The van der Waals surface area contributed by atoms with E-state index >= 15 is 0 Å². The number of H-pyrrole nitrogens is 1. The number of methoxy groups -OCH3 is 1. The predicted octanol–water partition coefficient (Wildman–Crippen LogP) is 1.07. The van der Waals surface area contributed by atoms with E-state index in [0.717, 1.165) is 11.8 Å². The summed E-state index contributed by atoms with van der Waals surface area (Å²) in [5.74, 6) is 0.552. The molecule has 2 aromatic heterocycles. The number of hydrogen-bond donors (Lipinski definition) is 2. The first-order valence-corrected chi connectivity index (χ1v) is 11.0. The molecule has 0 aliphatic carbocycles. The van der Waals surface area contributed by atoms with Gasteiger partial charge in [0.1, 0.15) is 5.56 Å². The van der Waals surface area contributed by atoms with Gasteiger partial charge in [0.15, 0.2) is 0 Å². The van der Waals surface area contributed by atoms with Gasteiger partial charge < -0.3 is 24.6 Å². The highest BCUT2D eigenvalue weighted by molar-refractivity contribution is 5.76. The van der Waals surface area contributed by atoms with Gasteiger partial charge in [-0.3, -0.25) is 9.59 Å². The van der Waals surface area contributed by atoms with Gasteiger partial charge in [-0.15, -0.1) is 0 Å². The van der Waals surface area contributed by atoms with E-state index in [-0.39, 0.29) is 32.1 Å². The number of aromatic amines is 1. The molecule has 1 saturated heterocycles. The molecule has 3 rings (SSSR count). The Balaban J connectivity index is 1.45. The Hall–Kier alpha value is -3.26. The van der Waals surface area contributed by atoms with E-state index in [9.17, 15) is 22.8 Å². The summed E-state index contributed by atoms with van der Waals surface area (Å²) in [5.41, 5.74) is -2.23. The molecule has 11 nitrogen and oxygen atoms in total. The zero-order valence-electron chi connectivity index (χ0n) is 19.5. The number of ether oxygens (including phenoxy) is 2. The van der Waals surface area contributed by atoms with Crippen molar-refractivity contribution in [1.82, 2.24) is 25.1 Å². The maximum absolute atomic E-state index is 13.3. The van der Waals surface area contributed by atoms with Crippen LogP contribution in [-0.4, -0.2) is 90.1 Å². The quantitative estimate of drug-likeness (QED) is 0.462. The topological polar surface area (TPSA) is 126 Å². The molecule has 1 fully saturated rings. The Morgan fingerprint density at radius 2 is 1.86 bits per heavy atom. The van der Waals surface area contributed by atoms with Crippen molar-refractivity contribution in [3.8, 4) is 0 Å². The number of nitrogens with zero attached hydrogens (tertiary/aromatic N) is 5. The molecule has 1 atom stereocenters. The lowest BCUT2D eigenvalue weighted by atomic mass is 10.2. The highest BCUT2D eigenvalue weighted by atomic mass is 19.4. The minimum Gasteiger partial charge on any atom is -0.382 e. The summed E-state index contributed by atoms with van der Waals surface area (Å²) < 4.78 is 50.3. The molecule has 0 spiro atoms. The van der Waals surface area contributed by atoms with E-state index in [1.807, 2.05) is 11.8 Å². The second-order valence-electron chi connectivity index (χ2n) is 8.04. The van der Waals surface area contributed by atoms with Gasteiger partial charge in [0.05, 0.1) is 44.2 Å². The molecular weight excluding hydrogens is 471 g/mol.